The van der Waals surface area contributed by atoms with Crippen molar-refractivity contribution in [1.82, 2.24) is 9.78 Å². The molecule has 0 aliphatic heterocycles. The Labute approximate surface area is 114 Å². The molecule has 0 aliphatic carbocycles. The van der Waals surface area contributed by atoms with Crippen molar-refractivity contribution in [3.8, 4) is 5.75 Å². The second-order valence-corrected chi connectivity index (χ2v) is 4.27. The largest absolute Gasteiger partial charge is 0.493 e. The average Bonchev–Trinajstić information content (AvgIpc) is 2.83. The van der Waals surface area contributed by atoms with Gasteiger partial charge in [-0.15, -0.1) is 0 Å². The van der Waals surface area contributed by atoms with Crippen LogP contribution in [0.4, 0.5) is 4.39 Å². The molecule has 100 valence electrons. The zero-order valence-electron chi connectivity index (χ0n) is 10.5. The highest BCUT2D eigenvalue weighted by atomic mass is 35.5. The Bertz CT molecular complexity index is 604. The van der Waals surface area contributed by atoms with Gasteiger partial charge in [-0.2, -0.15) is 5.10 Å². The third-order valence-electron chi connectivity index (χ3n) is 2.71. The number of rotatable bonds is 4. The topological polar surface area (TPSA) is 44.1 Å². The summed E-state index contributed by atoms with van der Waals surface area (Å²) in [5, 5.41) is 4.32. The SMILES string of the molecule is CCn1ncc(OC)c1C(=O)c1cc(Cl)ccc1F. The molecule has 1 aromatic carbocycles. The van der Waals surface area contributed by atoms with Gasteiger partial charge in [0.1, 0.15) is 5.82 Å². The Morgan fingerprint density at radius 3 is 2.89 bits per heavy atom. The van der Waals surface area contributed by atoms with Gasteiger partial charge in [-0.1, -0.05) is 11.6 Å². The Morgan fingerprint density at radius 1 is 1.53 bits per heavy atom. The molecule has 2 rings (SSSR count). The first-order chi connectivity index (χ1) is 9.08. The summed E-state index contributed by atoms with van der Waals surface area (Å²) in [7, 11) is 1.43. The number of benzene rings is 1. The number of aryl methyl sites for hydroxylation is 1. The van der Waals surface area contributed by atoms with Gasteiger partial charge in [-0.25, -0.2) is 4.39 Å². The van der Waals surface area contributed by atoms with Crippen LogP contribution < -0.4 is 4.74 Å². The van der Waals surface area contributed by atoms with Crippen LogP contribution in [0.15, 0.2) is 24.4 Å². The fraction of sp³-hybridized carbons (Fsp3) is 0.231. The van der Waals surface area contributed by atoms with Crippen LogP contribution in [0, 0.1) is 5.82 Å². The van der Waals surface area contributed by atoms with Crippen molar-refractivity contribution in [3.63, 3.8) is 0 Å². The molecule has 0 amide bonds. The molecule has 0 aliphatic rings. The summed E-state index contributed by atoms with van der Waals surface area (Å²) in [6.07, 6.45) is 1.43. The number of carbonyl (C=O) groups is 1. The summed E-state index contributed by atoms with van der Waals surface area (Å²) >= 11 is 5.80. The van der Waals surface area contributed by atoms with E-state index in [4.69, 9.17) is 16.3 Å². The van der Waals surface area contributed by atoms with Gasteiger partial charge in [0.25, 0.3) is 0 Å². The molecule has 0 unspecified atom stereocenters. The van der Waals surface area contributed by atoms with Gasteiger partial charge in [-0.3, -0.25) is 9.48 Å². The number of ether oxygens (including phenoxy) is 1. The predicted octanol–water partition coefficient (Wildman–Crippen LogP) is 2.94. The molecule has 0 saturated carbocycles. The molecular formula is C13H12ClFN2O2. The smallest absolute Gasteiger partial charge is 0.217 e. The van der Waals surface area contributed by atoms with Crippen molar-refractivity contribution in [2.75, 3.05) is 7.11 Å². The zero-order valence-corrected chi connectivity index (χ0v) is 11.2. The lowest BCUT2D eigenvalue weighted by Gasteiger charge is -2.07. The number of hydrogen-bond donors (Lipinski definition) is 0. The molecule has 0 bridgehead atoms. The van der Waals surface area contributed by atoms with Crippen LogP contribution in [0.5, 0.6) is 5.75 Å². The molecule has 0 radical (unpaired) electrons. The number of aromatic nitrogens is 2. The molecule has 0 atom stereocenters. The Morgan fingerprint density at radius 2 is 2.26 bits per heavy atom. The van der Waals surface area contributed by atoms with Gasteiger partial charge in [0.05, 0.1) is 18.9 Å². The molecular weight excluding hydrogens is 271 g/mol. The van der Waals surface area contributed by atoms with Crippen LogP contribution in [0.3, 0.4) is 0 Å². The minimum atomic E-state index is -0.625. The monoisotopic (exact) mass is 282 g/mol. The number of ketones is 1. The number of methoxy groups -OCH3 is 1. The Kier molecular flexibility index (Phi) is 3.85. The van der Waals surface area contributed by atoms with Gasteiger partial charge >= 0.3 is 0 Å². The maximum atomic E-state index is 13.7. The Balaban J connectivity index is 2.55. The van der Waals surface area contributed by atoms with Crippen LogP contribution in [-0.4, -0.2) is 22.7 Å². The average molecular weight is 283 g/mol. The summed E-state index contributed by atoms with van der Waals surface area (Å²) in [6.45, 7) is 2.31. The van der Waals surface area contributed by atoms with Gasteiger partial charge in [0.2, 0.25) is 5.78 Å². The molecule has 1 aromatic heterocycles. The van der Waals surface area contributed by atoms with Crippen molar-refractivity contribution in [2.45, 2.75) is 13.5 Å². The van der Waals surface area contributed by atoms with Gasteiger partial charge in [0, 0.05) is 11.6 Å². The van der Waals surface area contributed by atoms with E-state index >= 15 is 0 Å². The van der Waals surface area contributed by atoms with E-state index in [9.17, 15) is 9.18 Å². The molecule has 4 nitrogen and oxygen atoms in total. The number of nitrogens with zero attached hydrogens (tertiary/aromatic N) is 2. The molecule has 19 heavy (non-hydrogen) atoms. The normalized spacial score (nSPS) is 10.5. The summed E-state index contributed by atoms with van der Waals surface area (Å²) in [4.78, 5) is 12.4. The lowest BCUT2D eigenvalue weighted by Crippen LogP contribution is -2.13. The summed E-state index contributed by atoms with van der Waals surface area (Å²) < 4.78 is 20.3. The van der Waals surface area contributed by atoms with Gasteiger partial charge in [-0.05, 0) is 25.1 Å². The molecule has 2 aromatic rings. The lowest BCUT2D eigenvalue weighted by molar-refractivity contribution is 0.102. The van der Waals surface area contributed by atoms with E-state index in [1.807, 2.05) is 6.92 Å². The maximum absolute atomic E-state index is 13.7. The van der Waals surface area contributed by atoms with Crippen molar-refractivity contribution in [2.24, 2.45) is 0 Å². The van der Waals surface area contributed by atoms with Crippen LogP contribution in [0.1, 0.15) is 23.0 Å². The lowest BCUT2D eigenvalue weighted by atomic mass is 10.1. The van der Waals surface area contributed by atoms with Crippen molar-refractivity contribution >= 4 is 17.4 Å². The standard InChI is InChI=1S/C13H12ClFN2O2/c1-3-17-12(11(19-2)7-16-17)13(18)9-6-8(14)4-5-10(9)15/h4-7H,3H2,1-2H3. The molecule has 0 fully saturated rings. The number of carbonyl (C=O) groups excluding carboxylic acids is 1. The first kappa shape index (κ1) is 13.5. The van der Waals surface area contributed by atoms with E-state index < -0.39 is 11.6 Å². The summed E-state index contributed by atoms with van der Waals surface area (Å²) in [6, 6.07) is 3.85. The molecule has 0 spiro atoms. The minimum absolute atomic E-state index is 0.0963. The second-order valence-electron chi connectivity index (χ2n) is 3.83. The first-order valence-electron chi connectivity index (χ1n) is 5.68. The van der Waals surface area contributed by atoms with Gasteiger partial charge < -0.3 is 4.74 Å². The minimum Gasteiger partial charge on any atom is -0.493 e. The van der Waals surface area contributed by atoms with Crippen molar-refractivity contribution in [1.29, 1.82) is 0 Å². The van der Waals surface area contributed by atoms with Crippen LogP contribution in [0.2, 0.25) is 5.02 Å². The third-order valence-corrected chi connectivity index (χ3v) is 2.95. The van der Waals surface area contributed by atoms with E-state index in [1.165, 1.54) is 30.1 Å². The predicted molar refractivity (Wildman–Crippen MR) is 69.3 cm³/mol. The second kappa shape index (κ2) is 5.40. The fourth-order valence-electron chi connectivity index (χ4n) is 1.79. The fourth-order valence-corrected chi connectivity index (χ4v) is 1.96. The molecule has 0 saturated heterocycles. The van der Waals surface area contributed by atoms with E-state index in [2.05, 4.69) is 5.10 Å². The number of hydrogen-bond acceptors (Lipinski definition) is 3. The summed E-state index contributed by atoms with van der Waals surface area (Å²) in [5.74, 6) is -0.817. The first-order valence-corrected chi connectivity index (χ1v) is 6.05. The van der Waals surface area contributed by atoms with E-state index in [0.29, 0.717) is 17.3 Å². The zero-order chi connectivity index (χ0) is 14.0. The van der Waals surface area contributed by atoms with Crippen molar-refractivity contribution in [3.05, 3.63) is 46.5 Å². The van der Waals surface area contributed by atoms with Crippen LogP contribution in [0.25, 0.3) is 0 Å². The quantitative estimate of drug-likeness (QED) is 0.810. The van der Waals surface area contributed by atoms with Crippen LogP contribution in [-0.2, 0) is 6.54 Å². The molecule has 0 N–H and O–H groups in total. The molecule has 6 heteroatoms. The third kappa shape index (κ3) is 2.46. The highest BCUT2D eigenvalue weighted by Gasteiger charge is 2.23. The van der Waals surface area contributed by atoms with E-state index in [-0.39, 0.29) is 11.3 Å². The van der Waals surface area contributed by atoms with E-state index in [0.717, 1.165) is 6.07 Å². The van der Waals surface area contributed by atoms with E-state index in [1.54, 1.807) is 0 Å². The van der Waals surface area contributed by atoms with Crippen molar-refractivity contribution < 1.29 is 13.9 Å². The Hall–Kier alpha value is -1.88. The number of halogens is 2. The molecule has 1 heterocycles. The highest BCUT2D eigenvalue weighted by molar-refractivity contribution is 6.31. The van der Waals surface area contributed by atoms with Crippen LogP contribution >= 0.6 is 11.6 Å². The summed E-state index contributed by atoms with van der Waals surface area (Å²) in [5.41, 5.74) is 0.118. The van der Waals surface area contributed by atoms with Gasteiger partial charge in [0.15, 0.2) is 11.4 Å². The highest BCUT2D eigenvalue weighted by Crippen LogP contribution is 2.24. The maximum Gasteiger partial charge on any atom is 0.217 e.